The van der Waals surface area contributed by atoms with E-state index in [2.05, 4.69) is 21.0 Å². The number of thioether (sulfide) groups is 1. The number of methoxy groups -OCH3 is 1. The zero-order valence-electron chi connectivity index (χ0n) is 11.4. The Labute approximate surface area is 131 Å². The first-order valence-electron chi connectivity index (χ1n) is 6.31. The number of aromatic nitrogens is 2. The predicted molar refractivity (Wildman–Crippen MR) is 84.3 cm³/mol. The first-order valence-corrected chi connectivity index (χ1v) is 8.09. The molecule has 108 valence electrons. The first kappa shape index (κ1) is 15.4. The molecule has 1 atom stereocenters. The lowest BCUT2D eigenvalue weighted by Crippen LogP contribution is -2.11. The Kier molecular flexibility index (Phi) is 5.51. The molecule has 1 aromatic heterocycles. The summed E-state index contributed by atoms with van der Waals surface area (Å²) < 4.78 is 8.06. The summed E-state index contributed by atoms with van der Waals surface area (Å²) in [6.07, 6.45) is 1.03. The number of rotatable bonds is 6. The number of aliphatic hydroxyl groups is 1. The highest BCUT2D eigenvalue weighted by molar-refractivity contribution is 9.10. The molecule has 0 aliphatic rings. The van der Waals surface area contributed by atoms with Gasteiger partial charge in [0, 0.05) is 21.7 Å². The largest absolute Gasteiger partial charge is 0.493 e. The third-order valence-corrected chi connectivity index (χ3v) is 4.45. The van der Waals surface area contributed by atoms with Gasteiger partial charge in [-0.1, -0.05) is 22.0 Å². The molecule has 1 unspecified atom stereocenters. The Bertz CT molecular complexity index is 553. The minimum absolute atomic E-state index is 0.554. The molecule has 0 saturated heterocycles. The summed E-state index contributed by atoms with van der Waals surface area (Å²) in [5.41, 5.74) is 0.734. The number of benzene rings is 1. The maximum Gasteiger partial charge on any atom is 0.162 e. The molecule has 2 aromatic rings. The van der Waals surface area contributed by atoms with Crippen LogP contribution in [0.2, 0.25) is 0 Å². The van der Waals surface area contributed by atoms with Crippen LogP contribution in [0.4, 0.5) is 0 Å². The predicted octanol–water partition coefficient (Wildman–Crippen LogP) is 3.50. The van der Waals surface area contributed by atoms with Crippen LogP contribution in [-0.4, -0.2) is 27.7 Å². The van der Waals surface area contributed by atoms with Crippen molar-refractivity contribution in [2.24, 2.45) is 0 Å². The van der Waals surface area contributed by atoms with Crippen LogP contribution in [0.3, 0.4) is 0 Å². The summed E-state index contributed by atoms with van der Waals surface area (Å²) in [6.45, 7) is 2.70. The van der Waals surface area contributed by atoms with Crippen molar-refractivity contribution in [3.8, 4) is 5.75 Å². The molecule has 1 aromatic carbocycles. The zero-order valence-corrected chi connectivity index (χ0v) is 13.8. The molecule has 1 N–H and O–H groups in total. The summed E-state index contributed by atoms with van der Waals surface area (Å²) in [4.78, 5) is 1.11. The second-order valence-electron chi connectivity index (χ2n) is 4.20. The van der Waals surface area contributed by atoms with Crippen LogP contribution in [0.5, 0.6) is 5.75 Å². The zero-order chi connectivity index (χ0) is 14.5. The van der Waals surface area contributed by atoms with Crippen LogP contribution in [0.1, 0.15) is 18.7 Å². The molecule has 1 heterocycles. The minimum Gasteiger partial charge on any atom is -0.493 e. The van der Waals surface area contributed by atoms with Gasteiger partial charge in [0.1, 0.15) is 11.8 Å². The van der Waals surface area contributed by atoms with E-state index in [9.17, 15) is 5.11 Å². The number of halogens is 1. The Hall–Kier alpha value is -0.980. The standard InChI is InChI=1S/C14H17BrN2O2S/c1-3-17-14(13(19-2)8-16-17)12(18)9-20-11-6-4-5-10(15)7-11/h4-8,12,18H,3,9H2,1-2H3. The maximum absolute atomic E-state index is 10.4. The fourth-order valence-corrected chi connectivity index (χ4v) is 3.38. The lowest BCUT2D eigenvalue weighted by atomic mass is 10.2. The van der Waals surface area contributed by atoms with Gasteiger partial charge < -0.3 is 9.84 Å². The highest BCUT2D eigenvalue weighted by atomic mass is 79.9. The fourth-order valence-electron chi connectivity index (χ4n) is 1.93. The Morgan fingerprint density at radius 2 is 2.30 bits per heavy atom. The number of nitrogens with zero attached hydrogens (tertiary/aromatic N) is 2. The van der Waals surface area contributed by atoms with Gasteiger partial charge in [-0.05, 0) is 25.1 Å². The minimum atomic E-state index is -0.614. The van der Waals surface area contributed by atoms with Crippen LogP contribution in [-0.2, 0) is 6.54 Å². The Morgan fingerprint density at radius 3 is 2.95 bits per heavy atom. The number of hydrogen-bond donors (Lipinski definition) is 1. The van der Waals surface area contributed by atoms with Gasteiger partial charge >= 0.3 is 0 Å². The van der Waals surface area contributed by atoms with Crippen LogP contribution < -0.4 is 4.74 Å². The van der Waals surface area contributed by atoms with E-state index in [0.717, 1.165) is 15.1 Å². The second kappa shape index (κ2) is 7.15. The van der Waals surface area contributed by atoms with Crippen molar-refractivity contribution in [1.29, 1.82) is 0 Å². The van der Waals surface area contributed by atoms with Crippen molar-refractivity contribution in [2.75, 3.05) is 12.9 Å². The summed E-state index contributed by atoms with van der Waals surface area (Å²) in [5, 5.41) is 14.6. The molecule has 0 saturated carbocycles. The lowest BCUT2D eigenvalue weighted by Gasteiger charge is -2.14. The third kappa shape index (κ3) is 3.56. The molecule has 0 amide bonds. The van der Waals surface area contributed by atoms with Crippen molar-refractivity contribution < 1.29 is 9.84 Å². The quantitative estimate of drug-likeness (QED) is 0.804. The van der Waals surface area contributed by atoms with Gasteiger partial charge in [0.25, 0.3) is 0 Å². The second-order valence-corrected chi connectivity index (χ2v) is 6.21. The molecule has 0 aliphatic heterocycles. The SMILES string of the molecule is CCn1ncc(OC)c1C(O)CSc1cccc(Br)c1. The summed E-state index contributed by atoms with van der Waals surface area (Å²) in [5.74, 6) is 1.19. The van der Waals surface area contributed by atoms with Crippen molar-refractivity contribution in [3.63, 3.8) is 0 Å². The van der Waals surface area contributed by atoms with Gasteiger partial charge in [0.05, 0.1) is 13.3 Å². The van der Waals surface area contributed by atoms with E-state index in [1.807, 2.05) is 31.2 Å². The van der Waals surface area contributed by atoms with Crippen LogP contribution in [0.15, 0.2) is 39.8 Å². The van der Waals surface area contributed by atoms with E-state index in [1.165, 1.54) is 0 Å². The first-order chi connectivity index (χ1) is 9.65. The molecule has 0 fully saturated rings. The molecule has 0 radical (unpaired) electrons. The molecule has 0 aliphatic carbocycles. The molecule has 2 rings (SSSR count). The fraction of sp³-hybridized carbons (Fsp3) is 0.357. The molecular formula is C14H17BrN2O2S. The van der Waals surface area contributed by atoms with Gasteiger partial charge in [0.2, 0.25) is 0 Å². The molecule has 4 nitrogen and oxygen atoms in total. The van der Waals surface area contributed by atoms with E-state index in [0.29, 0.717) is 18.0 Å². The van der Waals surface area contributed by atoms with Gasteiger partial charge in [-0.15, -0.1) is 11.8 Å². The van der Waals surface area contributed by atoms with Crippen molar-refractivity contribution in [2.45, 2.75) is 24.5 Å². The number of aliphatic hydroxyl groups excluding tert-OH is 1. The van der Waals surface area contributed by atoms with Crippen LogP contribution in [0, 0.1) is 0 Å². The third-order valence-electron chi connectivity index (χ3n) is 2.88. The summed E-state index contributed by atoms with van der Waals surface area (Å²) in [6, 6.07) is 8.02. The van der Waals surface area contributed by atoms with Crippen molar-refractivity contribution in [3.05, 3.63) is 40.6 Å². The maximum atomic E-state index is 10.4. The lowest BCUT2D eigenvalue weighted by molar-refractivity contribution is 0.187. The van der Waals surface area contributed by atoms with E-state index >= 15 is 0 Å². The van der Waals surface area contributed by atoms with E-state index in [1.54, 1.807) is 29.8 Å². The molecule has 0 bridgehead atoms. The molecule has 6 heteroatoms. The molecular weight excluding hydrogens is 340 g/mol. The average molecular weight is 357 g/mol. The van der Waals surface area contributed by atoms with Crippen molar-refractivity contribution >= 4 is 27.7 Å². The Morgan fingerprint density at radius 1 is 1.50 bits per heavy atom. The van der Waals surface area contributed by atoms with Gasteiger partial charge in [-0.3, -0.25) is 4.68 Å². The topological polar surface area (TPSA) is 47.3 Å². The summed E-state index contributed by atoms with van der Waals surface area (Å²) >= 11 is 5.05. The number of aryl methyl sites for hydroxylation is 1. The molecule has 20 heavy (non-hydrogen) atoms. The number of ether oxygens (including phenoxy) is 1. The van der Waals surface area contributed by atoms with E-state index in [4.69, 9.17) is 4.74 Å². The highest BCUT2D eigenvalue weighted by Gasteiger charge is 2.19. The van der Waals surface area contributed by atoms with Gasteiger partial charge in [-0.2, -0.15) is 5.10 Å². The normalized spacial score (nSPS) is 12.4. The average Bonchev–Trinajstić information content (AvgIpc) is 2.88. The van der Waals surface area contributed by atoms with Crippen molar-refractivity contribution in [1.82, 2.24) is 9.78 Å². The highest BCUT2D eigenvalue weighted by Crippen LogP contribution is 2.30. The van der Waals surface area contributed by atoms with E-state index < -0.39 is 6.10 Å². The van der Waals surface area contributed by atoms with Gasteiger partial charge in [0.15, 0.2) is 5.75 Å². The number of hydrogen-bond acceptors (Lipinski definition) is 4. The van der Waals surface area contributed by atoms with Crippen LogP contribution >= 0.6 is 27.7 Å². The summed E-state index contributed by atoms with van der Waals surface area (Å²) in [7, 11) is 1.59. The smallest absolute Gasteiger partial charge is 0.162 e. The monoisotopic (exact) mass is 356 g/mol. The van der Waals surface area contributed by atoms with Gasteiger partial charge in [-0.25, -0.2) is 0 Å². The van der Waals surface area contributed by atoms with Crippen LogP contribution in [0.25, 0.3) is 0 Å². The van der Waals surface area contributed by atoms with E-state index in [-0.39, 0.29) is 0 Å². The Balaban J connectivity index is 2.08. The molecule has 0 spiro atoms.